The molecule has 2 aromatic rings. The first-order valence-corrected chi connectivity index (χ1v) is 6.05. The summed E-state index contributed by atoms with van der Waals surface area (Å²) >= 11 is 0. The Labute approximate surface area is 98.5 Å². The van der Waals surface area contributed by atoms with Gasteiger partial charge in [0, 0.05) is 11.1 Å². The lowest BCUT2D eigenvalue weighted by Crippen LogP contribution is -1.95. The van der Waals surface area contributed by atoms with E-state index in [1.54, 1.807) is 0 Å². The van der Waals surface area contributed by atoms with Gasteiger partial charge in [-0.05, 0) is 30.5 Å². The van der Waals surface area contributed by atoms with Crippen LogP contribution in [0.1, 0.15) is 44.9 Å². The fourth-order valence-electron chi connectivity index (χ4n) is 1.81. The first kappa shape index (κ1) is 12.7. The summed E-state index contributed by atoms with van der Waals surface area (Å²) in [6.07, 6.45) is 0. The van der Waals surface area contributed by atoms with Crippen molar-refractivity contribution < 1.29 is 0 Å². The molecule has 1 heteroatoms. The van der Waals surface area contributed by atoms with Crippen molar-refractivity contribution in [2.45, 2.75) is 40.5 Å². The van der Waals surface area contributed by atoms with Crippen LogP contribution >= 0.6 is 0 Å². The predicted molar refractivity (Wildman–Crippen MR) is 71.9 cm³/mol. The van der Waals surface area contributed by atoms with Gasteiger partial charge in [-0.3, -0.25) is 4.98 Å². The number of fused-ring (bicyclic) bond motifs is 1. The van der Waals surface area contributed by atoms with Crippen molar-refractivity contribution in [1.29, 1.82) is 0 Å². The molecule has 0 fully saturated rings. The molecule has 16 heavy (non-hydrogen) atoms. The lowest BCUT2D eigenvalue weighted by atomic mass is 10.00. The van der Waals surface area contributed by atoms with Gasteiger partial charge in [0.05, 0.1) is 5.52 Å². The second kappa shape index (κ2) is 5.64. The number of rotatable bonds is 1. The summed E-state index contributed by atoms with van der Waals surface area (Å²) in [5.41, 5.74) is 3.59. The first-order valence-electron chi connectivity index (χ1n) is 6.05. The Bertz CT molecular complexity index is 458. The number of nitrogens with zero attached hydrogens (tertiary/aromatic N) is 1. The van der Waals surface area contributed by atoms with Gasteiger partial charge < -0.3 is 0 Å². The lowest BCUT2D eigenvalue weighted by Gasteiger charge is -2.10. The highest BCUT2D eigenvalue weighted by molar-refractivity contribution is 5.79. The van der Waals surface area contributed by atoms with Crippen LogP contribution in [0.3, 0.4) is 0 Å². The SMILES string of the molecule is CC.Cc1nc2ccccc2cc1C(C)C. The van der Waals surface area contributed by atoms with Crippen LogP contribution in [0.2, 0.25) is 0 Å². The molecule has 0 unspecified atom stereocenters. The molecule has 1 heterocycles. The maximum atomic E-state index is 4.60. The summed E-state index contributed by atoms with van der Waals surface area (Å²) in [6.45, 7) is 10.5. The zero-order valence-corrected chi connectivity index (χ0v) is 10.9. The summed E-state index contributed by atoms with van der Waals surface area (Å²) in [5.74, 6) is 0.548. The average Bonchev–Trinajstić information content (AvgIpc) is 2.30. The molecule has 0 N–H and O–H groups in total. The number of para-hydroxylation sites is 1. The van der Waals surface area contributed by atoms with E-state index >= 15 is 0 Å². The molecule has 0 saturated carbocycles. The molecule has 0 aliphatic heterocycles. The summed E-state index contributed by atoms with van der Waals surface area (Å²) in [7, 11) is 0. The van der Waals surface area contributed by atoms with E-state index in [0.29, 0.717) is 5.92 Å². The van der Waals surface area contributed by atoms with E-state index in [-0.39, 0.29) is 0 Å². The molecule has 86 valence electrons. The average molecular weight is 215 g/mol. The van der Waals surface area contributed by atoms with Gasteiger partial charge >= 0.3 is 0 Å². The van der Waals surface area contributed by atoms with Gasteiger partial charge in [0.15, 0.2) is 0 Å². The van der Waals surface area contributed by atoms with E-state index in [0.717, 1.165) is 11.2 Å². The highest BCUT2D eigenvalue weighted by Crippen LogP contribution is 2.22. The molecule has 0 spiro atoms. The minimum atomic E-state index is 0.548. The van der Waals surface area contributed by atoms with Crippen molar-refractivity contribution in [1.82, 2.24) is 4.98 Å². The summed E-state index contributed by atoms with van der Waals surface area (Å²) in [5, 5.41) is 1.24. The van der Waals surface area contributed by atoms with Crippen molar-refractivity contribution in [3.8, 4) is 0 Å². The minimum absolute atomic E-state index is 0.548. The maximum absolute atomic E-state index is 4.60. The van der Waals surface area contributed by atoms with Crippen LogP contribution in [0, 0.1) is 6.92 Å². The molecule has 2 rings (SSSR count). The smallest absolute Gasteiger partial charge is 0.0705 e. The zero-order chi connectivity index (χ0) is 12.1. The first-order chi connectivity index (χ1) is 7.68. The number of hydrogen-bond donors (Lipinski definition) is 0. The molecule has 0 amide bonds. The Balaban J connectivity index is 0.000000606. The third kappa shape index (κ3) is 2.60. The van der Waals surface area contributed by atoms with Crippen molar-refractivity contribution in [2.75, 3.05) is 0 Å². The Hall–Kier alpha value is -1.37. The monoisotopic (exact) mass is 215 g/mol. The largest absolute Gasteiger partial charge is 0.253 e. The summed E-state index contributed by atoms with van der Waals surface area (Å²) < 4.78 is 0. The van der Waals surface area contributed by atoms with Gasteiger partial charge in [0.1, 0.15) is 0 Å². The van der Waals surface area contributed by atoms with Crippen LogP contribution in [0.5, 0.6) is 0 Å². The van der Waals surface area contributed by atoms with E-state index in [9.17, 15) is 0 Å². The van der Waals surface area contributed by atoms with Crippen LogP contribution in [0.25, 0.3) is 10.9 Å². The molecule has 0 bridgehead atoms. The number of pyridine rings is 1. The van der Waals surface area contributed by atoms with E-state index in [2.05, 4.69) is 50.0 Å². The van der Waals surface area contributed by atoms with Crippen LogP contribution in [0.4, 0.5) is 0 Å². The van der Waals surface area contributed by atoms with Crippen molar-refractivity contribution in [2.24, 2.45) is 0 Å². The Kier molecular flexibility index (Phi) is 4.48. The van der Waals surface area contributed by atoms with Gasteiger partial charge in [0.2, 0.25) is 0 Å². The van der Waals surface area contributed by atoms with Gasteiger partial charge in [-0.1, -0.05) is 45.9 Å². The third-order valence-electron chi connectivity index (χ3n) is 2.58. The molecule has 0 saturated heterocycles. The van der Waals surface area contributed by atoms with E-state index in [1.165, 1.54) is 10.9 Å². The zero-order valence-electron chi connectivity index (χ0n) is 10.9. The normalized spacial score (nSPS) is 10.1. The molecule has 0 radical (unpaired) electrons. The standard InChI is InChI=1S/C13H15N.C2H6/c1-9(2)12-8-11-6-4-5-7-13(11)14-10(12)3;1-2/h4-9H,1-3H3;1-2H3. The fourth-order valence-corrected chi connectivity index (χ4v) is 1.81. The van der Waals surface area contributed by atoms with Crippen LogP contribution in [-0.2, 0) is 0 Å². The Morgan fingerprint density at radius 3 is 2.31 bits per heavy atom. The van der Waals surface area contributed by atoms with E-state index < -0.39 is 0 Å². The summed E-state index contributed by atoms with van der Waals surface area (Å²) in [4.78, 5) is 4.60. The van der Waals surface area contributed by atoms with Gasteiger partial charge in [0.25, 0.3) is 0 Å². The molecule has 0 aliphatic rings. The van der Waals surface area contributed by atoms with Gasteiger partial charge in [-0.2, -0.15) is 0 Å². The fraction of sp³-hybridized carbons (Fsp3) is 0.400. The summed E-state index contributed by atoms with van der Waals surface area (Å²) in [6, 6.07) is 10.5. The molecular weight excluding hydrogens is 194 g/mol. The molecule has 1 aromatic heterocycles. The number of benzene rings is 1. The maximum Gasteiger partial charge on any atom is 0.0705 e. The van der Waals surface area contributed by atoms with Crippen LogP contribution in [0.15, 0.2) is 30.3 Å². The predicted octanol–water partition coefficient (Wildman–Crippen LogP) is 4.69. The number of aryl methyl sites for hydroxylation is 1. The third-order valence-corrected chi connectivity index (χ3v) is 2.58. The lowest BCUT2D eigenvalue weighted by molar-refractivity contribution is 0.848. The Morgan fingerprint density at radius 1 is 1.06 bits per heavy atom. The number of hydrogen-bond acceptors (Lipinski definition) is 1. The highest BCUT2D eigenvalue weighted by Gasteiger charge is 2.05. The molecule has 1 nitrogen and oxygen atoms in total. The Morgan fingerprint density at radius 2 is 1.69 bits per heavy atom. The van der Waals surface area contributed by atoms with Crippen molar-refractivity contribution in [3.63, 3.8) is 0 Å². The highest BCUT2D eigenvalue weighted by atomic mass is 14.7. The number of aromatic nitrogens is 1. The molecule has 1 aromatic carbocycles. The van der Waals surface area contributed by atoms with Crippen LogP contribution < -0.4 is 0 Å². The minimum Gasteiger partial charge on any atom is -0.253 e. The van der Waals surface area contributed by atoms with E-state index in [4.69, 9.17) is 0 Å². The second-order valence-corrected chi connectivity index (χ2v) is 4.01. The quantitative estimate of drug-likeness (QED) is 0.672. The molecule has 0 atom stereocenters. The molecule has 0 aliphatic carbocycles. The molecular formula is C15H21N. The van der Waals surface area contributed by atoms with E-state index in [1.807, 2.05) is 19.9 Å². The van der Waals surface area contributed by atoms with Crippen LogP contribution in [-0.4, -0.2) is 4.98 Å². The topological polar surface area (TPSA) is 12.9 Å². The van der Waals surface area contributed by atoms with Crippen molar-refractivity contribution >= 4 is 10.9 Å². The van der Waals surface area contributed by atoms with Gasteiger partial charge in [-0.15, -0.1) is 0 Å². The second-order valence-electron chi connectivity index (χ2n) is 4.01. The van der Waals surface area contributed by atoms with Crippen molar-refractivity contribution in [3.05, 3.63) is 41.6 Å². The van der Waals surface area contributed by atoms with Gasteiger partial charge in [-0.25, -0.2) is 0 Å².